The summed E-state index contributed by atoms with van der Waals surface area (Å²) in [4.78, 5) is 0. The van der Waals surface area contributed by atoms with Gasteiger partial charge < -0.3 is 13.9 Å². The van der Waals surface area contributed by atoms with Crippen molar-refractivity contribution < 1.29 is 13.9 Å². The van der Waals surface area contributed by atoms with E-state index in [1.807, 2.05) is 32.0 Å². The number of furan rings is 1. The molecule has 0 amide bonds. The maximum absolute atomic E-state index is 5.82. The lowest BCUT2D eigenvalue weighted by Crippen LogP contribution is -2.28. The molecule has 5 nitrogen and oxygen atoms in total. The zero-order chi connectivity index (χ0) is 15.2. The number of benzene rings is 1. The lowest BCUT2D eigenvalue weighted by atomic mass is 10.0. The molecule has 0 fully saturated rings. The van der Waals surface area contributed by atoms with Crippen molar-refractivity contribution in [1.29, 1.82) is 0 Å². The van der Waals surface area contributed by atoms with Gasteiger partial charge in [-0.05, 0) is 55.3 Å². The van der Waals surface area contributed by atoms with Crippen LogP contribution in [0.4, 0.5) is 0 Å². The highest BCUT2D eigenvalue weighted by Crippen LogP contribution is 2.33. The number of rotatable bonds is 7. The van der Waals surface area contributed by atoms with Gasteiger partial charge in [0.1, 0.15) is 11.8 Å². The molecule has 1 heterocycles. The Morgan fingerprint density at radius 1 is 1.14 bits per heavy atom. The summed E-state index contributed by atoms with van der Waals surface area (Å²) in [7, 11) is 0. The third kappa shape index (κ3) is 3.69. The third-order valence-corrected chi connectivity index (χ3v) is 3.15. The van der Waals surface area contributed by atoms with Crippen LogP contribution >= 0.6 is 11.6 Å². The maximum atomic E-state index is 5.82. The minimum atomic E-state index is -0.313. The van der Waals surface area contributed by atoms with Gasteiger partial charge in [-0.2, -0.15) is 0 Å². The van der Waals surface area contributed by atoms with Crippen molar-refractivity contribution in [1.82, 2.24) is 5.43 Å². The first-order valence-corrected chi connectivity index (χ1v) is 7.18. The van der Waals surface area contributed by atoms with Gasteiger partial charge in [0.25, 0.3) is 0 Å². The van der Waals surface area contributed by atoms with E-state index in [0.717, 1.165) is 5.56 Å². The molecule has 21 heavy (non-hydrogen) atoms. The first kappa shape index (κ1) is 15.7. The van der Waals surface area contributed by atoms with Crippen LogP contribution in [-0.4, -0.2) is 13.2 Å². The largest absolute Gasteiger partial charge is 0.490 e. The molecule has 0 aliphatic carbocycles. The predicted molar refractivity (Wildman–Crippen MR) is 81.7 cm³/mol. The highest BCUT2D eigenvalue weighted by atomic mass is 35.5. The Kier molecular flexibility index (Phi) is 5.50. The fourth-order valence-corrected chi connectivity index (χ4v) is 2.23. The topological polar surface area (TPSA) is 69.7 Å². The van der Waals surface area contributed by atoms with Crippen molar-refractivity contribution in [2.45, 2.75) is 19.9 Å². The number of nitrogens with one attached hydrogen (secondary N) is 1. The molecule has 0 saturated carbocycles. The van der Waals surface area contributed by atoms with Crippen molar-refractivity contribution in [2.75, 3.05) is 13.2 Å². The van der Waals surface area contributed by atoms with Gasteiger partial charge in [0.05, 0.1) is 13.2 Å². The van der Waals surface area contributed by atoms with Crippen LogP contribution in [0.1, 0.15) is 31.2 Å². The lowest BCUT2D eigenvalue weighted by molar-refractivity contribution is 0.287. The molecule has 1 aromatic heterocycles. The van der Waals surface area contributed by atoms with Gasteiger partial charge in [-0.1, -0.05) is 6.07 Å². The average molecular weight is 311 g/mol. The van der Waals surface area contributed by atoms with E-state index in [9.17, 15) is 0 Å². The van der Waals surface area contributed by atoms with Crippen molar-refractivity contribution >= 4 is 11.6 Å². The molecular formula is C15H19ClN2O3. The molecule has 1 unspecified atom stereocenters. The number of hydrogen-bond acceptors (Lipinski definition) is 5. The summed E-state index contributed by atoms with van der Waals surface area (Å²) in [6, 6.07) is 8.80. The second-order valence-electron chi connectivity index (χ2n) is 4.31. The Bertz CT molecular complexity index is 586. The monoisotopic (exact) mass is 310 g/mol. The van der Waals surface area contributed by atoms with E-state index in [2.05, 4.69) is 5.43 Å². The molecule has 1 aromatic carbocycles. The Labute approximate surface area is 128 Å². The summed E-state index contributed by atoms with van der Waals surface area (Å²) in [5.41, 5.74) is 3.62. The fourth-order valence-electron chi connectivity index (χ4n) is 2.07. The minimum absolute atomic E-state index is 0.313. The van der Waals surface area contributed by atoms with Crippen LogP contribution in [0.15, 0.2) is 34.7 Å². The lowest BCUT2D eigenvalue weighted by Gasteiger charge is -2.17. The van der Waals surface area contributed by atoms with Gasteiger partial charge >= 0.3 is 0 Å². The molecule has 2 rings (SSSR count). The van der Waals surface area contributed by atoms with E-state index in [0.29, 0.717) is 35.7 Å². The molecule has 0 aliphatic heterocycles. The standard InChI is InChI=1S/C15H19ClN2O3/c1-3-19-11-6-5-10(9-13(11)20-4-2)15(18-17)12-7-8-14(16)21-12/h5-9,15,18H,3-4,17H2,1-2H3. The molecule has 2 aromatic rings. The van der Waals surface area contributed by atoms with E-state index < -0.39 is 0 Å². The summed E-state index contributed by atoms with van der Waals surface area (Å²) < 4.78 is 16.6. The van der Waals surface area contributed by atoms with Crippen LogP contribution in [0.3, 0.4) is 0 Å². The fraction of sp³-hybridized carbons (Fsp3) is 0.333. The van der Waals surface area contributed by atoms with Crippen molar-refractivity contribution in [3.63, 3.8) is 0 Å². The van der Waals surface area contributed by atoms with Crippen LogP contribution < -0.4 is 20.7 Å². The number of hydrogen-bond donors (Lipinski definition) is 2. The van der Waals surface area contributed by atoms with Gasteiger partial charge in [0.15, 0.2) is 16.7 Å². The Morgan fingerprint density at radius 3 is 2.43 bits per heavy atom. The van der Waals surface area contributed by atoms with Gasteiger partial charge in [0, 0.05) is 0 Å². The summed E-state index contributed by atoms with van der Waals surface area (Å²) in [6.45, 7) is 4.98. The van der Waals surface area contributed by atoms with Crippen LogP contribution in [-0.2, 0) is 0 Å². The number of hydrazine groups is 1. The van der Waals surface area contributed by atoms with Crippen LogP contribution in [0.25, 0.3) is 0 Å². The zero-order valence-electron chi connectivity index (χ0n) is 12.1. The van der Waals surface area contributed by atoms with Crippen LogP contribution in [0, 0.1) is 0 Å². The van der Waals surface area contributed by atoms with E-state index >= 15 is 0 Å². The normalized spacial score (nSPS) is 12.2. The summed E-state index contributed by atoms with van der Waals surface area (Å²) in [5, 5.41) is 0.321. The summed E-state index contributed by atoms with van der Waals surface area (Å²) in [5.74, 6) is 7.66. The highest BCUT2D eigenvalue weighted by Gasteiger charge is 2.18. The maximum Gasteiger partial charge on any atom is 0.193 e. The number of ether oxygens (including phenoxy) is 2. The van der Waals surface area contributed by atoms with Crippen molar-refractivity contribution in [2.24, 2.45) is 5.84 Å². The van der Waals surface area contributed by atoms with Gasteiger partial charge in [0.2, 0.25) is 0 Å². The third-order valence-electron chi connectivity index (χ3n) is 2.95. The highest BCUT2D eigenvalue weighted by molar-refractivity contribution is 6.28. The second-order valence-corrected chi connectivity index (χ2v) is 4.69. The molecule has 3 N–H and O–H groups in total. The molecule has 0 spiro atoms. The van der Waals surface area contributed by atoms with Gasteiger partial charge in [-0.25, -0.2) is 5.43 Å². The van der Waals surface area contributed by atoms with E-state index in [1.54, 1.807) is 12.1 Å². The molecule has 0 aliphatic rings. The summed E-state index contributed by atoms with van der Waals surface area (Å²) >= 11 is 5.82. The number of nitrogens with two attached hydrogens (primary N) is 1. The molecule has 114 valence electrons. The molecule has 0 saturated heterocycles. The molecular weight excluding hydrogens is 292 g/mol. The Morgan fingerprint density at radius 2 is 1.86 bits per heavy atom. The summed E-state index contributed by atoms with van der Waals surface area (Å²) in [6.07, 6.45) is 0. The zero-order valence-corrected chi connectivity index (χ0v) is 12.8. The first-order chi connectivity index (χ1) is 10.2. The second kappa shape index (κ2) is 7.36. The minimum Gasteiger partial charge on any atom is -0.490 e. The predicted octanol–water partition coefficient (Wildman–Crippen LogP) is 3.28. The average Bonchev–Trinajstić information content (AvgIpc) is 2.89. The van der Waals surface area contributed by atoms with E-state index in [4.69, 9.17) is 31.3 Å². The Balaban J connectivity index is 2.35. The smallest absolute Gasteiger partial charge is 0.193 e. The SMILES string of the molecule is CCOc1ccc(C(NN)c2ccc(Cl)o2)cc1OCC. The molecule has 1 atom stereocenters. The van der Waals surface area contributed by atoms with Crippen molar-refractivity contribution in [3.8, 4) is 11.5 Å². The van der Waals surface area contributed by atoms with Crippen LogP contribution in [0.2, 0.25) is 5.22 Å². The van der Waals surface area contributed by atoms with Gasteiger partial charge in [-0.15, -0.1) is 0 Å². The molecule has 0 bridgehead atoms. The van der Waals surface area contributed by atoms with Crippen LogP contribution in [0.5, 0.6) is 11.5 Å². The molecule has 0 radical (unpaired) electrons. The van der Waals surface area contributed by atoms with Gasteiger partial charge in [-0.3, -0.25) is 5.84 Å². The quantitative estimate of drug-likeness (QED) is 0.606. The molecule has 6 heteroatoms. The Hall–Kier alpha value is -1.69. The first-order valence-electron chi connectivity index (χ1n) is 6.80. The number of halogens is 1. The van der Waals surface area contributed by atoms with E-state index in [1.165, 1.54) is 0 Å². The van der Waals surface area contributed by atoms with Crippen molar-refractivity contribution in [3.05, 3.63) is 46.9 Å². The van der Waals surface area contributed by atoms with E-state index in [-0.39, 0.29) is 6.04 Å².